The van der Waals surface area contributed by atoms with Gasteiger partial charge in [-0.2, -0.15) is 49.7 Å². The molecule has 0 unspecified atom stereocenters. The van der Waals surface area contributed by atoms with Gasteiger partial charge in [0.25, 0.3) is 0 Å². The van der Waals surface area contributed by atoms with E-state index in [9.17, 15) is 39.5 Å². The van der Waals surface area contributed by atoms with Crippen molar-refractivity contribution in [3.8, 4) is 0 Å². The minimum atomic E-state index is -4.68. The molecule has 6 nitrogen and oxygen atoms in total. The van der Waals surface area contributed by atoms with E-state index < -0.39 is 47.5 Å². The third-order valence-electron chi connectivity index (χ3n) is 4.12. The molecule has 2 aromatic carbocycles. The number of halogens is 9. The average Bonchev–Trinajstić information content (AvgIpc) is 2.82. The van der Waals surface area contributed by atoms with E-state index in [1.165, 1.54) is 24.3 Å². The van der Waals surface area contributed by atoms with E-state index in [1.54, 1.807) is 11.4 Å². The third-order valence-corrected chi connectivity index (χ3v) is 4.57. The van der Waals surface area contributed by atoms with E-state index in [-0.39, 0.29) is 39.6 Å². The first-order valence-corrected chi connectivity index (χ1v) is 10.9. The second-order valence-electron chi connectivity index (χ2n) is 7.09. The molecule has 0 fully saturated rings. The molecule has 1 radical (unpaired) electrons. The van der Waals surface area contributed by atoms with Crippen LogP contribution in [0.25, 0.3) is 0 Å². The normalized spacial score (nSPS) is 14.1. The summed E-state index contributed by atoms with van der Waals surface area (Å²) in [7, 11) is 0. The first kappa shape index (κ1) is 34.1. The maximum absolute atomic E-state index is 13.0. The van der Waals surface area contributed by atoms with Crippen LogP contribution in [0, 0.1) is 0 Å². The first-order valence-electron chi connectivity index (χ1n) is 10.0. The zero-order valence-electron chi connectivity index (χ0n) is 18.9. The van der Waals surface area contributed by atoms with Crippen LogP contribution < -0.4 is 10.6 Å². The predicted molar refractivity (Wildman–Crippen MR) is 129 cm³/mol. The minimum absolute atomic E-state index is 0. The number of hydrogen-bond donors (Lipinski definition) is 2. The van der Waals surface area contributed by atoms with Crippen molar-refractivity contribution >= 4 is 47.0 Å². The monoisotopic (exact) mass is 649 g/mol. The Hall–Kier alpha value is -2.95. The van der Waals surface area contributed by atoms with Gasteiger partial charge in [-0.3, -0.25) is 0 Å². The van der Waals surface area contributed by atoms with E-state index in [0.29, 0.717) is 12.1 Å². The fourth-order valence-corrected chi connectivity index (χ4v) is 2.74. The summed E-state index contributed by atoms with van der Waals surface area (Å²) in [5.41, 5.74) is -1.39. The Labute approximate surface area is 237 Å². The van der Waals surface area contributed by atoms with Gasteiger partial charge < -0.3 is 35.9 Å². The van der Waals surface area contributed by atoms with Crippen molar-refractivity contribution in [3.05, 3.63) is 71.3 Å². The van der Waals surface area contributed by atoms with Crippen LogP contribution in [-0.4, -0.2) is 47.2 Å². The van der Waals surface area contributed by atoms with Crippen LogP contribution in [0.4, 0.5) is 39.5 Å². The summed E-state index contributed by atoms with van der Waals surface area (Å²) in [6.07, 6.45) is -13.9. The fourth-order valence-electron chi connectivity index (χ4n) is 2.51. The van der Waals surface area contributed by atoms with Crippen molar-refractivity contribution in [1.29, 1.82) is 0 Å². The largest absolute Gasteiger partial charge is 2.00 e. The summed E-state index contributed by atoms with van der Waals surface area (Å²) in [5.74, 6) is 0. The smallest absolute Gasteiger partial charge is 0.741 e. The van der Waals surface area contributed by atoms with Gasteiger partial charge in [0.05, 0.1) is 5.56 Å². The minimum Gasteiger partial charge on any atom is -0.741 e. The first-order chi connectivity index (χ1) is 17.5. The number of nitrogens with one attached hydrogen (secondary N) is 2. The molecule has 2 rings (SSSR count). The van der Waals surface area contributed by atoms with Gasteiger partial charge in [0.1, 0.15) is 24.5 Å². The van der Waals surface area contributed by atoms with Crippen LogP contribution in [0.5, 0.6) is 0 Å². The summed E-state index contributed by atoms with van der Waals surface area (Å²) in [6.45, 7) is -3.05. The number of hydrogen-bond acceptors (Lipinski definition) is 6. The molecule has 0 saturated carbocycles. The zero-order valence-corrected chi connectivity index (χ0v) is 21.5. The summed E-state index contributed by atoms with van der Waals surface area (Å²) in [6, 6.07) is 11.0. The summed E-state index contributed by atoms with van der Waals surface area (Å²) in [5, 5.41) is 16.8. The van der Waals surface area contributed by atoms with Crippen LogP contribution in [0.1, 0.15) is 16.7 Å². The van der Waals surface area contributed by atoms with Crippen LogP contribution in [0.2, 0.25) is 0 Å². The molecule has 0 aliphatic carbocycles. The maximum atomic E-state index is 13.0. The van der Waals surface area contributed by atoms with Crippen molar-refractivity contribution in [2.45, 2.75) is 18.5 Å². The Morgan fingerprint density at radius 1 is 0.590 bits per heavy atom. The Balaban J connectivity index is 0.00000760. The second kappa shape index (κ2) is 14.4. The molecular weight excluding hydrogens is 635 g/mol. The number of nitrogens with zero attached hydrogens (tertiary/aromatic N) is 4. The molecule has 215 valence electrons. The standard InChI is InChI=1S/C21H17F9N6S2.Cu/c22-19(23,24)10-31-17(37)35-33-15(12-4-2-1-3-5-12)16(34-36-18(38)32-11-20(25,26)27)13-6-8-14(9-7-13)21(28,29)30;/h1-9H,10-11H2,(H2,31,35,37)(H2,32,36,38);/q;+2/p-2/b33-15+,34-16+;. The topological polar surface area (TPSA) is 73.5 Å². The van der Waals surface area contributed by atoms with Crippen LogP contribution >= 0.6 is 0 Å². The molecular formula is C21H15CuF9N6S2. The molecule has 0 heterocycles. The summed E-state index contributed by atoms with van der Waals surface area (Å²) in [4.78, 5) is 0. The Kier molecular flexibility index (Phi) is 12.6. The van der Waals surface area contributed by atoms with E-state index >= 15 is 0 Å². The molecule has 0 aliphatic rings. The number of benzene rings is 2. The molecule has 0 spiro atoms. The molecule has 0 aliphatic heterocycles. The molecule has 39 heavy (non-hydrogen) atoms. The van der Waals surface area contributed by atoms with Gasteiger partial charge in [0.15, 0.2) is 0 Å². The Bertz CT molecular complexity index is 1190. The molecule has 0 amide bonds. The second-order valence-corrected chi connectivity index (χ2v) is 7.86. The van der Waals surface area contributed by atoms with Gasteiger partial charge in [-0.05, 0) is 22.5 Å². The SMILES string of the molecule is FC(F)(F)CN/C([S-])=N/N=C(/C(=N/N=C(\[S-])NCC(F)(F)F)c1ccc(C(F)(F)F)cc1)c1ccccc1.[Cu+2]. The molecule has 0 aromatic heterocycles. The average molecular weight is 650 g/mol. The van der Waals surface area contributed by atoms with Crippen molar-refractivity contribution in [2.24, 2.45) is 20.4 Å². The van der Waals surface area contributed by atoms with Gasteiger partial charge in [-0.15, -0.1) is 10.2 Å². The van der Waals surface area contributed by atoms with Crippen molar-refractivity contribution in [2.75, 3.05) is 13.1 Å². The van der Waals surface area contributed by atoms with E-state index in [4.69, 9.17) is 25.3 Å². The van der Waals surface area contributed by atoms with Crippen molar-refractivity contribution in [1.82, 2.24) is 10.6 Å². The van der Waals surface area contributed by atoms with Gasteiger partial charge in [-0.1, -0.05) is 42.5 Å². The van der Waals surface area contributed by atoms with Crippen LogP contribution in [-0.2, 0) is 48.5 Å². The van der Waals surface area contributed by atoms with Gasteiger partial charge in [0, 0.05) is 11.1 Å². The summed E-state index contributed by atoms with van der Waals surface area (Å²) < 4.78 is 114. The van der Waals surface area contributed by atoms with E-state index in [2.05, 4.69) is 20.4 Å². The van der Waals surface area contributed by atoms with Gasteiger partial charge in [0.2, 0.25) is 0 Å². The molecule has 0 atom stereocenters. The third kappa shape index (κ3) is 12.6. The number of alkyl halides is 9. The molecule has 2 aromatic rings. The molecule has 0 saturated heterocycles. The number of amidine groups is 2. The molecule has 0 bridgehead atoms. The fraction of sp³-hybridized carbons (Fsp3) is 0.238. The zero-order chi connectivity index (χ0) is 28.6. The quantitative estimate of drug-likeness (QED) is 0.112. The van der Waals surface area contributed by atoms with Crippen LogP contribution in [0.15, 0.2) is 75.0 Å². The van der Waals surface area contributed by atoms with Gasteiger partial charge >= 0.3 is 35.6 Å². The maximum Gasteiger partial charge on any atom is 2.00 e. The molecule has 18 heteroatoms. The summed E-state index contributed by atoms with van der Waals surface area (Å²) >= 11 is 9.42. The number of rotatable bonds is 7. The predicted octanol–water partition coefficient (Wildman–Crippen LogP) is 4.92. The van der Waals surface area contributed by atoms with Crippen molar-refractivity contribution in [3.63, 3.8) is 0 Å². The Morgan fingerprint density at radius 3 is 1.33 bits per heavy atom. The van der Waals surface area contributed by atoms with Crippen LogP contribution in [0.3, 0.4) is 0 Å². The Morgan fingerprint density at radius 2 is 0.974 bits per heavy atom. The van der Waals surface area contributed by atoms with E-state index in [0.717, 1.165) is 12.1 Å². The van der Waals surface area contributed by atoms with Crippen molar-refractivity contribution < 1.29 is 56.6 Å². The molecule has 2 N–H and O–H groups in total. The van der Waals surface area contributed by atoms with Gasteiger partial charge in [-0.25, -0.2) is 0 Å². The van der Waals surface area contributed by atoms with E-state index in [1.807, 2.05) is 5.32 Å².